The summed E-state index contributed by atoms with van der Waals surface area (Å²) in [7, 11) is 6.52. The van der Waals surface area contributed by atoms with E-state index < -0.39 is 5.60 Å². The predicted molar refractivity (Wildman–Crippen MR) is 205 cm³/mol. The van der Waals surface area contributed by atoms with E-state index in [4.69, 9.17) is 28.9 Å². The Morgan fingerprint density at radius 1 is 0.961 bits per heavy atom. The molecule has 0 saturated carbocycles. The Kier molecular flexibility index (Phi) is 14.1. The second-order valence-electron chi connectivity index (χ2n) is 13.9. The van der Waals surface area contributed by atoms with E-state index in [1.54, 1.807) is 37.5 Å². The van der Waals surface area contributed by atoms with Gasteiger partial charge in [0.15, 0.2) is 11.5 Å². The van der Waals surface area contributed by atoms with Crippen molar-refractivity contribution in [1.82, 2.24) is 14.9 Å². The molecular weight excluding hydrogens is 665 g/mol. The lowest BCUT2D eigenvalue weighted by Crippen LogP contribution is -2.33. The first-order chi connectivity index (χ1) is 24.3. The van der Waals surface area contributed by atoms with Gasteiger partial charge in [-0.15, -0.1) is 11.3 Å². The molecule has 4 aromatic rings. The first-order valence-electron chi connectivity index (χ1n) is 17.7. The number of ether oxygens (including phenoxy) is 4. The lowest BCUT2D eigenvalue weighted by molar-refractivity contribution is -0.140. The maximum atomic E-state index is 12.7. The van der Waals surface area contributed by atoms with Crippen LogP contribution in [0, 0.1) is 6.92 Å². The van der Waals surface area contributed by atoms with Crippen LogP contribution in [0.1, 0.15) is 101 Å². The monoisotopic (exact) mass is 718 g/mol. The second kappa shape index (κ2) is 18.2. The van der Waals surface area contributed by atoms with Crippen LogP contribution in [0.25, 0.3) is 22.0 Å². The normalized spacial score (nSPS) is 12.0. The molecule has 1 atom stereocenters. The molecule has 10 nitrogen and oxygen atoms in total. The molecule has 0 bridgehead atoms. The number of rotatable bonds is 17. The number of fused-ring (bicyclic) bond motifs is 1. The van der Waals surface area contributed by atoms with Gasteiger partial charge in [0.2, 0.25) is 0 Å². The van der Waals surface area contributed by atoms with Crippen molar-refractivity contribution in [3.05, 3.63) is 63.6 Å². The lowest BCUT2D eigenvalue weighted by atomic mass is 10.00. The molecule has 0 saturated heterocycles. The van der Waals surface area contributed by atoms with E-state index >= 15 is 0 Å². The van der Waals surface area contributed by atoms with Gasteiger partial charge in [-0.2, -0.15) is 0 Å². The number of carbonyl (C=O) groups is 2. The third kappa shape index (κ3) is 10.8. The van der Waals surface area contributed by atoms with Crippen LogP contribution < -0.4 is 14.8 Å². The number of esters is 1. The summed E-state index contributed by atoms with van der Waals surface area (Å²) in [6, 6.07) is 12.3. The van der Waals surface area contributed by atoms with Crippen molar-refractivity contribution in [2.75, 3.05) is 33.7 Å². The van der Waals surface area contributed by atoms with Gasteiger partial charge in [0.25, 0.3) is 0 Å². The Morgan fingerprint density at radius 2 is 1.67 bits per heavy atom. The van der Waals surface area contributed by atoms with Crippen molar-refractivity contribution in [3.8, 4) is 22.6 Å². The first kappa shape index (κ1) is 39.4. The zero-order chi connectivity index (χ0) is 37.1. The molecule has 1 N–H and O–H groups in total. The molecule has 1 amide bonds. The minimum atomic E-state index is -0.558. The van der Waals surface area contributed by atoms with Crippen molar-refractivity contribution < 1.29 is 28.5 Å². The zero-order valence-electron chi connectivity index (χ0n) is 31.7. The molecule has 11 heteroatoms. The van der Waals surface area contributed by atoms with Gasteiger partial charge in [-0.1, -0.05) is 49.9 Å². The van der Waals surface area contributed by atoms with Gasteiger partial charge >= 0.3 is 12.1 Å². The molecule has 2 aromatic carbocycles. The number of hydrogen-bond donors (Lipinski definition) is 1. The van der Waals surface area contributed by atoms with Crippen LogP contribution in [0.4, 0.5) is 10.6 Å². The van der Waals surface area contributed by atoms with Gasteiger partial charge in [0, 0.05) is 35.8 Å². The fourth-order valence-corrected chi connectivity index (χ4v) is 7.01. The third-order valence-electron chi connectivity index (χ3n) is 8.67. The molecule has 2 heterocycles. The SMILES string of the molecule is COC(=O)CCCCCCCCc1c(OC)c(OC)cc2c(N[C@@H](C)c3cc(-c4ccccc4CN(C)C(=O)OC(C)(C)C)cs3)nc(C)nc12. The lowest BCUT2D eigenvalue weighted by Gasteiger charge is -2.25. The number of thiophene rings is 1. The Bertz CT molecular complexity index is 1780. The van der Waals surface area contributed by atoms with Crippen LogP contribution in [-0.2, 0) is 27.2 Å². The van der Waals surface area contributed by atoms with Gasteiger partial charge in [-0.05, 0) is 88.1 Å². The highest BCUT2D eigenvalue weighted by Gasteiger charge is 2.23. The molecule has 276 valence electrons. The number of amides is 1. The summed E-state index contributed by atoms with van der Waals surface area (Å²) in [5, 5.41) is 6.72. The van der Waals surface area contributed by atoms with Crippen molar-refractivity contribution in [2.24, 2.45) is 0 Å². The standard InChI is InChI=1S/C40H54N4O6S/c1-26(34-22-29(25-51-34)30-19-17-16-18-28(30)24-44(6)39(46)50-40(3,4)5)41-38-32-23-33(47-7)37(49-9)31(36(32)42-27(2)43-38)20-14-12-10-11-13-15-21-35(45)48-8/h16-19,22-23,25-26H,10-15,20-21,24H2,1-9H3,(H,41,42,43)/t26-/m0/s1. The average Bonchev–Trinajstić information content (AvgIpc) is 3.59. The number of anilines is 1. The van der Waals surface area contributed by atoms with Crippen molar-refractivity contribution >= 4 is 40.1 Å². The fourth-order valence-electron chi connectivity index (χ4n) is 6.10. The molecule has 0 unspecified atom stereocenters. The van der Waals surface area contributed by atoms with E-state index in [0.29, 0.717) is 30.3 Å². The molecule has 0 radical (unpaired) electrons. The van der Waals surface area contributed by atoms with Crippen molar-refractivity contribution in [1.29, 1.82) is 0 Å². The number of carbonyl (C=O) groups excluding carboxylic acids is 2. The van der Waals surface area contributed by atoms with Gasteiger partial charge in [-0.25, -0.2) is 14.8 Å². The summed E-state index contributed by atoms with van der Waals surface area (Å²) in [4.78, 5) is 36.6. The molecule has 0 aliphatic heterocycles. The van der Waals surface area contributed by atoms with Gasteiger partial charge in [0.1, 0.15) is 17.2 Å². The Morgan fingerprint density at radius 3 is 2.35 bits per heavy atom. The number of aryl methyl sites for hydroxylation is 2. The quantitative estimate of drug-likeness (QED) is 0.0842. The summed E-state index contributed by atoms with van der Waals surface area (Å²) < 4.78 is 22.0. The maximum Gasteiger partial charge on any atom is 0.410 e. The topological polar surface area (TPSA) is 112 Å². The molecule has 51 heavy (non-hydrogen) atoms. The number of methoxy groups -OCH3 is 3. The largest absolute Gasteiger partial charge is 0.493 e. The van der Waals surface area contributed by atoms with E-state index in [-0.39, 0.29) is 18.1 Å². The number of benzene rings is 2. The Labute approximate surface area is 306 Å². The number of aromatic nitrogens is 2. The molecule has 2 aromatic heterocycles. The average molecular weight is 719 g/mol. The highest BCUT2D eigenvalue weighted by Crippen LogP contribution is 2.41. The van der Waals surface area contributed by atoms with Crippen LogP contribution in [0.2, 0.25) is 0 Å². The molecular formula is C40H54N4O6S. The maximum absolute atomic E-state index is 12.7. The summed E-state index contributed by atoms with van der Waals surface area (Å²) in [5.74, 6) is 2.63. The van der Waals surface area contributed by atoms with Crippen LogP contribution in [0.3, 0.4) is 0 Å². The second-order valence-corrected chi connectivity index (χ2v) is 14.8. The highest BCUT2D eigenvalue weighted by atomic mass is 32.1. The Balaban J connectivity index is 1.52. The van der Waals surface area contributed by atoms with Crippen LogP contribution >= 0.6 is 11.3 Å². The molecule has 0 aliphatic carbocycles. The van der Waals surface area contributed by atoms with E-state index in [1.165, 1.54) is 7.11 Å². The number of nitrogens with one attached hydrogen (secondary N) is 1. The molecule has 0 fully saturated rings. The van der Waals surface area contributed by atoms with Crippen molar-refractivity contribution in [2.45, 2.75) is 104 Å². The highest BCUT2D eigenvalue weighted by molar-refractivity contribution is 7.10. The van der Waals surface area contributed by atoms with E-state index in [1.807, 2.05) is 45.9 Å². The van der Waals surface area contributed by atoms with E-state index in [0.717, 1.165) is 88.8 Å². The summed E-state index contributed by atoms with van der Waals surface area (Å²) in [5.41, 5.74) is 4.54. The van der Waals surface area contributed by atoms with E-state index in [9.17, 15) is 9.59 Å². The van der Waals surface area contributed by atoms with Crippen LogP contribution in [-0.4, -0.2) is 60.9 Å². The third-order valence-corrected chi connectivity index (χ3v) is 9.78. The summed E-state index contributed by atoms with van der Waals surface area (Å²) in [6.07, 6.45) is 7.02. The summed E-state index contributed by atoms with van der Waals surface area (Å²) in [6.45, 7) is 10.1. The van der Waals surface area contributed by atoms with Gasteiger partial charge < -0.3 is 29.2 Å². The first-order valence-corrected chi connectivity index (χ1v) is 18.6. The smallest absolute Gasteiger partial charge is 0.410 e. The zero-order valence-corrected chi connectivity index (χ0v) is 32.5. The summed E-state index contributed by atoms with van der Waals surface area (Å²) >= 11 is 1.68. The fraction of sp³-hybridized carbons (Fsp3) is 0.500. The molecule has 0 aliphatic rings. The number of nitrogens with zero attached hydrogens (tertiary/aromatic N) is 3. The van der Waals surface area contributed by atoms with Gasteiger partial charge in [0.05, 0.1) is 32.9 Å². The number of hydrogen-bond acceptors (Lipinski definition) is 10. The minimum Gasteiger partial charge on any atom is -0.493 e. The number of unbranched alkanes of at least 4 members (excludes halogenated alkanes) is 5. The Hall–Kier alpha value is -4.38. The van der Waals surface area contributed by atoms with Crippen LogP contribution in [0.5, 0.6) is 11.5 Å². The minimum absolute atomic E-state index is 0.0476. The predicted octanol–water partition coefficient (Wildman–Crippen LogP) is 9.67. The van der Waals surface area contributed by atoms with Gasteiger partial charge in [-0.3, -0.25) is 4.79 Å². The van der Waals surface area contributed by atoms with Crippen LogP contribution in [0.15, 0.2) is 41.8 Å². The van der Waals surface area contributed by atoms with E-state index in [2.05, 4.69) is 35.8 Å². The van der Waals surface area contributed by atoms with Crippen molar-refractivity contribution in [3.63, 3.8) is 0 Å². The molecule has 4 rings (SSSR count). The molecule has 0 spiro atoms.